The topological polar surface area (TPSA) is 57.0 Å². The lowest BCUT2D eigenvalue weighted by atomic mass is 9.91. The smallest absolute Gasteiger partial charge is 0.246 e. The van der Waals surface area contributed by atoms with Crippen LogP contribution in [0.25, 0.3) is 0 Å². The minimum absolute atomic E-state index is 0.0258. The van der Waals surface area contributed by atoms with Gasteiger partial charge in [0.05, 0.1) is 18.6 Å². The first-order chi connectivity index (χ1) is 13.0. The highest BCUT2D eigenvalue weighted by molar-refractivity contribution is 5.98. The van der Waals surface area contributed by atoms with Crippen molar-refractivity contribution in [3.05, 3.63) is 54.0 Å². The van der Waals surface area contributed by atoms with Crippen LogP contribution in [0.2, 0.25) is 0 Å². The summed E-state index contributed by atoms with van der Waals surface area (Å²) in [7, 11) is 0. The second-order valence-electron chi connectivity index (χ2n) is 7.62. The van der Waals surface area contributed by atoms with Crippen molar-refractivity contribution >= 4 is 17.5 Å². The second kappa shape index (κ2) is 6.85. The minimum Gasteiger partial charge on any atom is -0.465 e. The van der Waals surface area contributed by atoms with Gasteiger partial charge in [-0.2, -0.15) is 0 Å². The Hall–Kier alpha value is -2.60. The quantitative estimate of drug-likeness (QED) is 0.836. The van der Waals surface area contributed by atoms with Gasteiger partial charge in [0.25, 0.3) is 0 Å². The lowest BCUT2D eigenvalue weighted by molar-refractivity contribution is -0.142. The molecule has 1 aromatic carbocycles. The summed E-state index contributed by atoms with van der Waals surface area (Å²) in [6.45, 7) is 6.51. The fraction of sp³-hybridized carbons (Fsp3) is 0.429. The van der Waals surface area contributed by atoms with Crippen LogP contribution in [0.1, 0.15) is 24.9 Å². The largest absolute Gasteiger partial charge is 0.465 e. The van der Waals surface area contributed by atoms with E-state index in [0.717, 1.165) is 43.3 Å². The SMILES string of the molecule is CC(=O)N1CC(=O)N(c2ccccc2)C[C@]12CCN(Cc1ccc(C)o1)C2. The van der Waals surface area contributed by atoms with Crippen LogP contribution in [0.15, 0.2) is 46.9 Å². The van der Waals surface area contributed by atoms with Crippen molar-refractivity contribution in [3.63, 3.8) is 0 Å². The van der Waals surface area contributed by atoms with E-state index in [-0.39, 0.29) is 23.9 Å². The zero-order valence-corrected chi connectivity index (χ0v) is 15.9. The molecule has 0 bridgehead atoms. The molecular formula is C21H25N3O3. The van der Waals surface area contributed by atoms with Crippen molar-refractivity contribution in [2.75, 3.05) is 31.1 Å². The monoisotopic (exact) mass is 367 g/mol. The summed E-state index contributed by atoms with van der Waals surface area (Å²) in [6, 6.07) is 13.7. The Labute approximate surface area is 159 Å². The molecule has 1 spiro atoms. The van der Waals surface area contributed by atoms with Gasteiger partial charge in [-0.3, -0.25) is 14.5 Å². The van der Waals surface area contributed by atoms with Gasteiger partial charge in [-0.05, 0) is 37.6 Å². The van der Waals surface area contributed by atoms with E-state index in [1.807, 2.05) is 54.3 Å². The number of anilines is 1. The van der Waals surface area contributed by atoms with Gasteiger partial charge in [0, 0.05) is 25.7 Å². The van der Waals surface area contributed by atoms with Gasteiger partial charge in [-0.1, -0.05) is 18.2 Å². The summed E-state index contributed by atoms with van der Waals surface area (Å²) in [5.41, 5.74) is 0.544. The van der Waals surface area contributed by atoms with Crippen molar-refractivity contribution in [3.8, 4) is 0 Å². The molecule has 2 amide bonds. The molecule has 2 aliphatic heterocycles. The highest BCUT2D eigenvalue weighted by Crippen LogP contribution is 2.35. The zero-order chi connectivity index (χ0) is 19.0. The molecule has 2 saturated heterocycles. The fourth-order valence-corrected chi connectivity index (χ4v) is 4.36. The number of nitrogens with zero attached hydrogens (tertiary/aromatic N) is 3. The molecule has 4 rings (SSSR count). The Bertz CT molecular complexity index is 847. The summed E-state index contributed by atoms with van der Waals surface area (Å²) in [5.74, 6) is 1.78. The standard InChI is InChI=1S/C21H25N3O3/c1-16-8-9-19(27-16)12-22-11-10-21(14-22)15-23(18-6-4-3-5-7-18)20(26)13-24(21)17(2)25/h3-9H,10-15H2,1-2H3/t21-/m1/s1. The number of piperazine rings is 1. The van der Waals surface area contributed by atoms with E-state index < -0.39 is 0 Å². The molecule has 142 valence electrons. The van der Waals surface area contributed by atoms with E-state index in [0.29, 0.717) is 6.54 Å². The predicted molar refractivity (Wildman–Crippen MR) is 102 cm³/mol. The molecule has 2 aromatic rings. The molecule has 6 nitrogen and oxygen atoms in total. The fourth-order valence-electron chi connectivity index (χ4n) is 4.36. The lowest BCUT2D eigenvalue weighted by Gasteiger charge is -2.48. The van der Waals surface area contributed by atoms with Crippen LogP contribution in [0.5, 0.6) is 0 Å². The van der Waals surface area contributed by atoms with Crippen LogP contribution in [-0.2, 0) is 16.1 Å². The number of benzene rings is 1. The Kier molecular flexibility index (Phi) is 4.52. The van der Waals surface area contributed by atoms with Gasteiger partial charge in [-0.15, -0.1) is 0 Å². The molecule has 3 heterocycles. The van der Waals surface area contributed by atoms with Crippen LogP contribution in [0, 0.1) is 6.92 Å². The van der Waals surface area contributed by atoms with E-state index in [2.05, 4.69) is 4.90 Å². The molecule has 0 unspecified atom stereocenters. The maximum Gasteiger partial charge on any atom is 0.246 e. The van der Waals surface area contributed by atoms with Gasteiger partial charge in [0.2, 0.25) is 11.8 Å². The van der Waals surface area contributed by atoms with Gasteiger partial charge in [0.1, 0.15) is 18.1 Å². The van der Waals surface area contributed by atoms with Gasteiger partial charge >= 0.3 is 0 Å². The third-order valence-electron chi connectivity index (χ3n) is 5.65. The number of para-hydroxylation sites is 1. The number of carbonyl (C=O) groups is 2. The van der Waals surface area contributed by atoms with Crippen LogP contribution in [0.3, 0.4) is 0 Å². The molecule has 0 radical (unpaired) electrons. The Morgan fingerprint density at radius 2 is 1.93 bits per heavy atom. The summed E-state index contributed by atoms with van der Waals surface area (Å²) >= 11 is 0. The number of amides is 2. The first-order valence-corrected chi connectivity index (χ1v) is 9.38. The molecule has 0 N–H and O–H groups in total. The average Bonchev–Trinajstić information content (AvgIpc) is 3.24. The molecule has 2 aliphatic rings. The average molecular weight is 367 g/mol. The van der Waals surface area contributed by atoms with E-state index >= 15 is 0 Å². The minimum atomic E-state index is -0.350. The summed E-state index contributed by atoms with van der Waals surface area (Å²) in [4.78, 5) is 31.0. The van der Waals surface area contributed by atoms with Crippen LogP contribution < -0.4 is 4.90 Å². The van der Waals surface area contributed by atoms with Crippen LogP contribution in [-0.4, -0.2) is 53.3 Å². The highest BCUT2D eigenvalue weighted by atomic mass is 16.3. The number of hydrogen-bond donors (Lipinski definition) is 0. The maximum atomic E-state index is 12.7. The molecule has 0 saturated carbocycles. The first kappa shape index (κ1) is 17.8. The second-order valence-corrected chi connectivity index (χ2v) is 7.62. The molecular weight excluding hydrogens is 342 g/mol. The Balaban J connectivity index is 1.58. The van der Waals surface area contributed by atoms with Gasteiger partial charge in [-0.25, -0.2) is 0 Å². The summed E-state index contributed by atoms with van der Waals surface area (Å²) in [6.07, 6.45) is 0.850. The van der Waals surface area contributed by atoms with E-state index in [1.165, 1.54) is 0 Å². The number of furan rings is 1. The van der Waals surface area contributed by atoms with Crippen LogP contribution in [0.4, 0.5) is 5.69 Å². The zero-order valence-electron chi connectivity index (χ0n) is 15.9. The number of likely N-dealkylation sites (tertiary alicyclic amines) is 1. The third-order valence-corrected chi connectivity index (χ3v) is 5.65. The lowest BCUT2D eigenvalue weighted by Crippen LogP contribution is -2.66. The van der Waals surface area contributed by atoms with Crippen molar-refractivity contribution in [1.82, 2.24) is 9.80 Å². The number of hydrogen-bond acceptors (Lipinski definition) is 4. The van der Waals surface area contributed by atoms with Gasteiger partial charge < -0.3 is 14.2 Å². The van der Waals surface area contributed by atoms with E-state index in [1.54, 1.807) is 11.8 Å². The van der Waals surface area contributed by atoms with Crippen LogP contribution >= 0.6 is 0 Å². The van der Waals surface area contributed by atoms with Crippen molar-refractivity contribution in [1.29, 1.82) is 0 Å². The maximum absolute atomic E-state index is 12.7. The Morgan fingerprint density at radius 1 is 1.15 bits per heavy atom. The first-order valence-electron chi connectivity index (χ1n) is 9.38. The number of carbonyl (C=O) groups excluding carboxylic acids is 2. The van der Waals surface area contributed by atoms with E-state index in [9.17, 15) is 9.59 Å². The Morgan fingerprint density at radius 3 is 2.59 bits per heavy atom. The molecule has 27 heavy (non-hydrogen) atoms. The number of aryl methyl sites for hydroxylation is 1. The summed E-state index contributed by atoms with van der Waals surface area (Å²) < 4.78 is 5.72. The number of rotatable bonds is 3. The van der Waals surface area contributed by atoms with Crippen molar-refractivity contribution < 1.29 is 14.0 Å². The predicted octanol–water partition coefficient (Wildman–Crippen LogP) is 2.43. The third kappa shape index (κ3) is 3.37. The van der Waals surface area contributed by atoms with Crippen molar-refractivity contribution in [2.24, 2.45) is 0 Å². The molecule has 6 heteroatoms. The normalized spacial score (nSPS) is 23.4. The molecule has 2 fully saturated rings. The van der Waals surface area contributed by atoms with Crippen molar-refractivity contribution in [2.45, 2.75) is 32.4 Å². The highest BCUT2D eigenvalue weighted by Gasteiger charge is 2.50. The molecule has 1 aromatic heterocycles. The van der Waals surface area contributed by atoms with E-state index in [4.69, 9.17) is 4.42 Å². The molecule has 0 aliphatic carbocycles. The molecule has 1 atom stereocenters. The summed E-state index contributed by atoms with van der Waals surface area (Å²) in [5, 5.41) is 0. The van der Waals surface area contributed by atoms with Gasteiger partial charge in [0.15, 0.2) is 0 Å².